The number of hydrogen-bond acceptors (Lipinski definition) is 2. The summed E-state index contributed by atoms with van der Waals surface area (Å²) in [4.78, 5) is 0. The van der Waals surface area contributed by atoms with E-state index in [1.165, 1.54) is 5.56 Å². The van der Waals surface area contributed by atoms with Gasteiger partial charge in [0.05, 0.1) is 5.76 Å². The van der Waals surface area contributed by atoms with Gasteiger partial charge in [0.15, 0.2) is 0 Å². The predicted molar refractivity (Wildman–Crippen MR) is 92.3 cm³/mol. The molecule has 0 bridgehead atoms. The van der Waals surface area contributed by atoms with Crippen LogP contribution in [0.5, 0.6) is 5.75 Å². The number of benzene rings is 1. The summed E-state index contributed by atoms with van der Waals surface area (Å²) in [5, 5.41) is 0. The molecule has 0 atom stereocenters. The van der Waals surface area contributed by atoms with Gasteiger partial charge < -0.3 is 8.85 Å². The van der Waals surface area contributed by atoms with E-state index in [9.17, 15) is 0 Å². The van der Waals surface area contributed by atoms with Crippen molar-refractivity contribution in [1.29, 1.82) is 0 Å². The van der Waals surface area contributed by atoms with Crippen molar-refractivity contribution in [3.8, 4) is 5.75 Å². The van der Waals surface area contributed by atoms with Gasteiger partial charge in [0, 0.05) is 6.42 Å². The fourth-order valence-corrected chi connectivity index (χ4v) is 3.66. The van der Waals surface area contributed by atoms with E-state index < -0.39 is 16.6 Å². The SMILES string of the molecule is C=C(CCc1ccc(O[Si](C)(C)C)cc1)O[Si](C)(C)C. The lowest BCUT2D eigenvalue weighted by Crippen LogP contribution is -2.29. The Hall–Kier alpha value is -1.01. The van der Waals surface area contributed by atoms with E-state index in [2.05, 4.69) is 70.1 Å². The molecule has 0 aliphatic carbocycles. The molecule has 0 N–H and O–H groups in total. The van der Waals surface area contributed by atoms with Crippen LogP contribution in [0.3, 0.4) is 0 Å². The molecule has 0 saturated carbocycles. The number of aryl methyl sites for hydroxylation is 1. The Bertz CT molecular complexity index is 439. The largest absolute Gasteiger partial charge is 0.548 e. The Labute approximate surface area is 126 Å². The van der Waals surface area contributed by atoms with Gasteiger partial charge in [-0.25, -0.2) is 0 Å². The standard InChI is InChI=1S/C16H28O2Si2/c1-14(17-19(2,3)4)8-9-15-10-12-16(13-11-15)18-20(5,6)7/h10-13H,1,8-9H2,2-7H3. The molecular formula is C16H28O2Si2. The highest BCUT2D eigenvalue weighted by Crippen LogP contribution is 2.19. The lowest BCUT2D eigenvalue weighted by molar-refractivity contribution is 0.402. The summed E-state index contributed by atoms with van der Waals surface area (Å²) in [6, 6.07) is 8.40. The average molecular weight is 309 g/mol. The molecule has 0 unspecified atom stereocenters. The third kappa shape index (κ3) is 7.55. The van der Waals surface area contributed by atoms with Crippen molar-refractivity contribution in [2.75, 3.05) is 0 Å². The van der Waals surface area contributed by atoms with Crippen LogP contribution in [-0.4, -0.2) is 16.6 Å². The highest BCUT2D eigenvalue weighted by Gasteiger charge is 2.17. The second-order valence-corrected chi connectivity index (χ2v) is 16.0. The smallest absolute Gasteiger partial charge is 0.242 e. The van der Waals surface area contributed by atoms with Crippen LogP contribution in [0.4, 0.5) is 0 Å². The Kier molecular flexibility index (Phi) is 5.65. The van der Waals surface area contributed by atoms with Crippen LogP contribution >= 0.6 is 0 Å². The van der Waals surface area contributed by atoms with E-state index in [1.54, 1.807) is 0 Å². The topological polar surface area (TPSA) is 18.5 Å². The minimum Gasteiger partial charge on any atom is -0.548 e. The first-order chi connectivity index (χ1) is 9.05. The molecule has 1 rings (SSSR count). The van der Waals surface area contributed by atoms with Gasteiger partial charge in [0.25, 0.3) is 0 Å². The highest BCUT2D eigenvalue weighted by molar-refractivity contribution is 6.70. The molecule has 0 radical (unpaired) electrons. The molecule has 0 heterocycles. The Balaban J connectivity index is 2.48. The molecule has 0 aliphatic heterocycles. The van der Waals surface area contributed by atoms with Crippen LogP contribution in [-0.2, 0) is 10.8 Å². The van der Waals surface area contributed by atoms with Crippen molar-refractivity contribution in [3.63, 3.8) is 0 Å². The molecule has 4 heteroatoms. The molecule has 0 aliphatic rings. The van der Waals surface area contributed by atoms with Crippen molar-refractivity contribution >= 4 is 16.6 Å². The third-order valence-corrected chi connectivity index (χ3v) is 4.24. The summed E-state index contributed by atoms with van der Waals surface area (Å²) >= 11 is 0. The highest BCUT2D eigenvalue weighted by atomic mass is 28.4. The first kappa shape index (κ1) is 17.0. The van der Waals surface area contributed by atoms with Crippen molar-refractivity contribution in [2.45, 2.75) is 52.1 Å². The Morgan fingerprint density at radius 2 is 1.50 bits per heavy atom. The summed E-state index contributed by atoms with van der Waals surface area (Å²) in [5.74, 6) is 1.89. The zero-order valence-corrected chi connectivity index (χ0v) is 15.7. The van der Waals surface area contributed by atoms with Gasteiger partial charge in [-0.05, 0) is 63.4 Å². The van der Waals surface area contributed by atoms with Gasteiger partial charge in [-0.1, -0.05) is 18.7 Å². The monoisotopic (exact) mass is 308 g/mol. The van der Waals surface area contributed by atoms with E-state index in [4.69, 9.17) is 8.85 Å². The Morgan fingerprint density at radius 1 is 0.950 bits per heavy atom. The number of allylic oxidation sites excluding steroid dienone is 1. The third-order valence-electron chi connectivity index (χ3n) is 2.49. The van der Waals surface area contributed by atoms with E-state index in [1.807, 2.05) is 0 Å². The van der Waals surface area contributed by atoms with Crippen LogP contribution in [0.15, 0.2) is 36.6 Å². The number of hydrogen-bond donors (Lipinski definition) is 0. The second-order valence-electron chi connectivity index (χ2n) is 7.11. The average Bonchev–Trinajstić information content (AvgIpc) is 2.23. The first-order valence-electron chi connectivity index (χ1n) is 7.20. The number of rotatable bonds is 7. The van der Waals surface area contributed by atoms with Crippen molar-refractivity contribution in [2.24, 2.45) is 0 Å². The molecule has 20 heavy (non-hydrogen) atoms. The van der Waals surface area contributed by atoms with Crippen molar-refractivity contribution in [1.82, 2.24) is 0 Å². The zero-order valence-electron chi connectivity index (χ0n) is 13.7. The maximum absolute atomic E-state index is 5.95. The van der Waals surface area contributed by atoms with E-state index in [0.717, 1.165) is 24.4 Å². The van der Waals surface area contributed by atoms with Gasteiger partial charge >= 0.3 is 0 Å². The molecule has 0 fully saturated rings. The molecular weight excluding hydrogens is 280 g/mol. The summed E-state index contributed by atoms with van der Waals surface area (Å²) < 4.78 is 11.8. The van der Waals surface area contributed by atoms with Gasteiger partial charge in [-0.15, -0.1) is 0 Å². The molecule has 1 aromatic carbocycles. The van der Waals surface area contributed by atoms with E-state index in [-0.39, 0.29) is 0 Å². The Morgan fingerprint density at radius 3 is 1.95 bits per heavy atom. The zero-order chi connectivity index (χ0) is 15.4. The summed E-state index contributed by atoms with van der Waals surface area (Å²) in [5.41, 5.74) is 1.30. The molecule has 112 valence electrons. The minimum absolute atomic E-state index is 0.887. The van der Waals surface area contributed by atoms with Crippen LogP contribution in [0.25, 0.3) is 0 Å². The van der Waals surface area contributed by atoms with Crippen LogP contribution in [0.1, 0.15) is 12.0 Å². The second kappa shape index (κ2) is 6.63. The lowest BCUT2D eigenvalue weighted by Gasteiger charge is -2.21. The van der Waals surface area contributed by atoms with Crippen molar-refractivity contribution in [3.05, 3.63) is 42.2 Å². The summed E-state index contributed by atoms with van der Waals surface area (Å²) in [6.07, 6.45) is 1.86. The summed E-state index contributed by atoms with van der Waals surface area (Å²) in [6.45, 7) is 17.1. The van der Waals surface area contributed by atoms with Crippen LogP contribution in [0, 0.1) is 0 Å². The lowest BCUT2D eigenvalue weighted by atomic mass is 10.1. The maximum Gasteiger partial charge on any atom is 0.242 e. The molecule has 0 amide bonds. The van der Waals surface area contributed by atoms with Gasteiger partial charge in [-0.2, -0.15) is 0 Å². The quantitative estimate of drug-likeness (QED) is 0.509. The molecule has 0 saturated heterocycles. The fourth-order valence-electron chi connectivity index (χ4n) is 1.85. The van der Waals surface area contributed by atoms with Gasteiger partial charge in [0.2, 0.25) is 16.6 Å². The fraction of sp³-hybridized carbons (Fsp3) is 0.500. The van der Waals surface area contributed by atoms with Crippen LogP contribution < -0.4 is 4.43 Å². The van der Waals surface area contributed by atoms with Gasteiger partial charge in [0.1, 0.15) is 5.75 Å². The minimum atomic E-state index is -1.51. The first-order valence-corrected chi connectivity index (χ1v) is 14.0. The molecule has 2 nitrogen and oxygen atoms in total. The molecule has 0 aromatic heterocycles. The van der Waals surface area contributed by atoms with E-state index >= 15 is 0 Å². The summed E-state index contributed by atoms with van der Waals surface area (Å²) in [7, 11) is -3.02. The molecule has 0 spiro atoms. The van der Waals surface area contributed by atoms with Gasteiger partial charge in [-0.3, -0.25) is 0 Å². The maximum atomic E-state index is 5.95. The normalized spacial score (nSPS) is 12.1. The van der Waals surface area contributed by atoms with E-state index in [0.29, 0.717) is 0 Å². The predicted octanol–water partition coefficient (Wildman–Crippen LogP) is 5.20. The van der Waals surface area contributed by atoms with Crippen LogP contribution in [0.2, 0.25) is 39.3 Å². The molecule has 1 aromatic rings. The van der Waals surface area contributed by atoms with Crippen molar-refractivity contribution < 1.29 is 8.85 Å².